The van der Waals surface area contributed by atoms with E-state index in [2.05, 4.69) is 21.2 Å². The molecule has 3 rings (SSSR count). The van der Waals surface area contributed by atoms with Crippen LogP contribution in [0.1, 0.15) is 28.4 Å². The lowest BCUT2D eigenvalue weighted by Gasteiger charge is -2.27. The molecule has 0 radical (unpaired) electrons. The molecule has 0 bridgehead atoms. The summed E-state index contributed by atoms with van der Waals surface area (Å²) in [6.07, 6.45) is 0.632. The Morgan fingerprint density at radius 2 is 2.17 bits per heavy atom. The Morgan fingerprint density at radius 1 is 1.35 bits per heavy atom. The molecular formula is C17H15BrFNO3. The Bertz CT molecular complexity index is 751. The van der Waals surface area contributed by atoms with Crippen LogP contribution in [0.4, 0.5) is 4.39 Å². The van der Waals surface area contributed by atoms with Crippen molar-refractivity contribution < 1.29 is 18.7 Å². The third-order valence-electron chi connectivity index (χ3n) is 3.74. The highest BCUT2D eigenvalue weighted by Gasteiger charge is 2.24. The molecule has 1 aliphatic heterocycles. The molecule has 2 aromatic carbocycles. The van der Waals surface area contributed by atoms with Gasteiger partial charge in [0.2, 0.25) is 0 Å². The number of rotatable bonds is 3. The first kappa shape index (κ1) is 15.8. The standard InChI is InChI=1S/C17H15BrFNO3/c1-22-11-3-4-12(14(19)9-11)17(21)20-15-6-7-23-16-5-2-10(18)8-13(15)16/h2-5,8-9,15H,6-7H2,1H3,(H,20,21). The zero-order valence-corrected chi connectivity index (χ0v) is 14.0. The molecule has 6 heteroatoms. The fourth-order valence-electron chi connectivity index (χ4n) is 2.56. The molecule has 0 aromatic heterocycles. The fraction of sp³-hybridized carbons (Fsp3) is 0.235. The summed E-state index contributed by atoms with van der Waals surface area (Å²) in [4.78, 5) is 12.4. The van der Waals surface area contributed by atoms with E-state index in [1.807, 2.05) is 18.2 Å². The van der Waals surface area contributed by atoms with E-state index in [0.29, 0.717) is 18.8 Å². The van der Waals surface area contributed by atoms with Gasteiger partial charge in [-0.1, -0.05) is 15.9 Å². The SMILES string of the molecule is COc1ccc(C(=O)NC2CCOc3ccc(Br)cc32)c(F)c1. The number of fused-ring (bicyclic) bond motifs is 1. The number of methoxy groups -OCH3 is 1. The van der Waals surface area contributed by atoms with Gasteiger partial charge in [-0.3, -0.25) is 4.79 Å². The molecule has 1 heterocycles. The molecule has 0 fully saturated rings. The lowest BCUT2D eigenvalue weighted by Crippen LogP contribution is -2.32. The van der Waals surface area contributed by atoms with Crippen LogP contribution in [0, 0.1) is 5.82 Å². The largest absolute Gasteiger partial charge is 0.497 e. The molecule has 1 amide bonds. The minimum absolute atomic E-state index is 0.00570. The van der Waals surface area contributed by atoms with Crippen molar-refractivity contribution in [2.75, 3.05) is 13.7 Å². The average Bonchev–Trinajstić information content (AvgIpc) is 2.55. The number of benzene rings is 2. The summed E-state index contributed by atoms with van der Waals surface area (Å²) < 4.78 is 25.5. The van der Waals surface area contributed by atoms with Gasteiger partial charge in [0.15, 0.2) is 0 Å². The molecule has 0 saturated carbocycles. The van der Waals surface area contributed by atoms with Gasteiger partial charge in [0.1, 0.15) is 17.3 Å². The summed E-state index contributed by atoms with van der Waals surface area (Å²) in [5, 5.41) is 2.88. The second kappa shape index (κ2) is 6.58. The van der Waals surface area contributed by atoms with Crippen LogP contribution >= 0.6 is 15.9 Å². The number of nitrogens with one attached hydrogen (secondary N) is 1. The second-order valence-electron chi connectivity index (χ2n) is 5.19. The van der Waals surface area contributed by atoms with E-state index >= 15 is 0 Å². The maximum Gasteiger partial charge on any atom is 0.254 e. The lowest BCUT2D eigenvalue weighted by atomic mass is 10.00. The van der Waals surface area contributed by atoms with Gasteiger partial charge < -0.3 is 14.8 Å². The Kier molecular flexibility index (Phi) is 4.52. The van der Waals surface area contributed by atoms with Gasteiger partial charge >= 0.3 is 0 Å². The summed E-state index contributed by atoms with van der Waals surface area (Å²) >= 11 is 3.41. The van der Waals surface area contributed by atoms with E-state index in [1.165, 1.54) is 19.2 Å². The van der Waals surface area contributed by atoms with Crippen LogP contribution in [0.2, 0.25) is 0 Å². The first-order valence-corrected chi connectivity index (χ1v) is 7.94. The normalized spacial score (nSPS) is 16.2. The molecule has 23 heavy (non-hydrogen) atoms. The summed E-state index contributed by atoms with van der Waals surface area (Å²) in [5.41, 5.74) is 0.877. The third kappa shape index (κ3) is 3.32. The second-order valence-corrected chi connectivity index (χ2v) is 6.11. The molecular weight excluding hydrogens is 365 g/mol. The van der Waals surface area contributed by atoms with Gasteiger partial charge in [0, 0.05) is 22.5 Å². The van der Waals surface area contributed by atoms with E-state index in [-0.39, 0.29) is 11.6 Å². The van der Waals surface area contributed by atoms with E-state index < -0.39 is 11.7 Å². The molecule has 4 nitrogen and oxygen atoms in total. The van der Waals surface area contributed by atoms with Crippen LogP contribution in [0.5, 0.6) is 11.5 Å². The zero-order chi connectivity index (χ0) is 16.4. The number of hydrogen-bond acceptors (Lipinski definition) is 3. The molecule has 0 saturated heterocycles. The van der Waals surface area contributed by atoms with Crippen molar-refractivity contribution in [3.63, 3.8) is 0 Å². The summed E-state index contributed by atoms with van der Waals surface area (Å²) in [6.45, 7) is 0.505. The van der Waals surface area contributed by atoms with Gasteiger partial charge in [-0.15, -0.1) is 0 Å². The number of hydrogen-bond donors (Lipinski definition) is 1. The van der Waals surface area contributed by atoms with Crippen LogP contribution < -0.4 is 14.8 Å². The molecule has 1 unspecified atom stereocenters. The van der Waals surface area contributed by atoms with Gasteiger partial charge in [0.05, 0.1) is 25.3 Å². The molecule has 2 aromatic rings. The fourth-order valence-corrected chi connectivity index (χ4v) is 2.94. The Labute approximate surface area is 141 Å². The lowest BCUT2D eigenvalue weighted by molar-refractivity contribution is 0.0920. The first-order chi connectivity index (χ1) is 11.1. The summed E-state index contributed by atoms with van der Waals surface area (Å²) in [5.74, 6) is 0.0469. The van der Waals surface area contributed by atoms with Crippen LogP contribution in [0.3, 0.4) is 0 Å². The van der Waals surface area contributed by atoms with Crippen molar-refractivity contribution in [2.45, 2.75) is 12.5 Å². The predicted molar refractivity (Wildman–Crippen MR) is 87.4 cm³/mol. The number of amides is 1. The molecule has 0 aliphatic carbocycles. The van der Waals surface area contributed by atoms with Crippen molar-refractivity contribution in [3.8, 4) is 11.5 Å². The zero-order valence-electron chi connectivity index (χ0n) is 12.4. The van der Waals surface area contributed by atoms with Gasteiger partial charge in [0.25, 0.3) is 5.91 Å². The van der Waals surface area contributed by atoms with Gasteiger partial charge in [-0.25, -0.2) is 4.39 Å². The minimum Gasteiger partial charge on any atom is -0.497 e. The summed E-state index contributed by atoms with van der Waals surface area (Å²) in [6, 6.07) is 9.60. The van der Waals surface area contributed by atoms with Crippen molar-refractivity contribution in [1.29, 1.82) is 0 Å². The van der Waals surface area contributed by atoms with Gasteiger partial charge in [-0.05, 0) is 30.3 Å². The average molecular weight is 380 g/mol. The topological polar surface area (TPSA) is 47.6 Å². The summed E-state index contributed by atoms with van der Waals surface area (Å²) in [7, 11) is 1.45. The maximum atomic E-state index is 14.0. The van der Waals surface area contributed by atoms with Crippen molar-refractivity contribution in [1.82, 2.24) is 5.32 Å². The Balaban J connectivity index is 1.83. The minimum atomic E-state index is -0.608. The van der Waals surface area contributed by atoms with Gasteiger partial charge in [-0.2, -0.15) is 0 Å². The smallest absolute Gasteiger partial charge is 0.254 e. The molecule has 1 atom stereocenters. The van der Waals surface area contributed by atoms with E-state index in [4.69, 9.17) is 9.47 Å². The highest BCUT2D eigenvalue weighted by Crippen LogP contribution is 2.34. The quantitative estimate of drug-likeness (QED) is 0.880. The van der Waals surface area contributed by atoms with Crippen LogP contribution in [-0.4, -0.2) is 19.6 Å². The van der Waals surface area contributed by atoms with Crippen molar-refractivity contribution in [3.05, 3.63) is 57.8 Å². The Morgan fingerprint density at radius 3 is 2.91 bits per heavy atom. The number of halogens is 2. The van der Waals surface area contributed by atoms with Crippen LogP contribution in [0.15, 0.2) is 40.9 Å². The maximum absolute atomic E-state index is 14.0. The predicted octanol–water partition coefficient (Wildman–Crippen LogP) is 3.85. The number of ether oxygens (including phenoxy) is 2. The van der Waals surface area contributed by atoms with E-state index in [1.54, 1.807) is 6.07 Å². The van der Waals surface area contributed by atoms with E-state index in [0.717, 1.165) is 15.8 Å². The molecule has 0 spiro atoms. The highest BCUT2D eigenvalue weighted by molar-refractivity contribution is 9.10. The van der Waals surface area contributed by atoms with Crippen molar-refractivity contribution >= 4 is 21.8 Å². The molecule has 120 valence electrons. The Hall–Kier alpha value is -2.08. The van der Waals surface area contributed by atoms with E-state index in [9.17, 15) is 9.18 Å². The number of carbonyl (C=O) groups excluding carboxylic acids is 1. The van der Waals surface area contributed by atoms with Crippen LogP contribution in [-0.2, 0) is 0 Å². The molecule has 1 N–H and O–H groups in total. The first-order valence-electron chi connectivity index (χ1n) is 7.15. The van der Waals surface area contributed by atoms with Crippen LogP contribution in [0.25, 0.3) is 0 Å². The molecule has 1 aliphatic rings. The highest BCUT2D eigenvalue weighted by atomic mass is 79.9. The third-order valence-corrected chi connectivity index (χ3v) is 4.23. The van der Waals surface area contributed by atoms with Crippen molar-refractivity contribution in [2.24, 2.45) is 0 Å². The monoisotopic (exact) mass is 379 g/mol. The number of carbonyl (C=O) groups is 1.